The molecule has 1 unspecified atom stereocenters. The molecule has 5 heterocycles. The number of rotatable bonds is 6. The number of urea groups is 1. The monoisotopic (exact) mass is 520 g/mol. The van der Waals surface area contributed by atoms with Crippen LogP contribution in [0.2, 0.25) is 0 Å². The lowest BCUT2D eigenvalue weighted by molar-refractivity contribution is -0.152. The summed E-state index contributed by atoms with van der Waals surface area (Å²) in [6.07, 6.45) is -2.46. The lowest BCUT2D eigenvalue weighted by Gasteiger charge is -2.46. The molecule has 0 radical (unpaired) electrons. The molecule has 2 bridgehead atoms. The van der Waals surface area contributed by atoms with Crippen LogP contribution in [0.1, 0.15) is 31.7 Å². The van der Waals surface area contributed by atoms with Crippen LogP contribution < -0.4 is 26.0 Å². The first-order chi connectivity index (χ1) is 17.7. The molecular weight excluding hydrogens is 489 g/mol. The molecule has 1 aromatic carbocycles. The number of fused-ring (bicyclic) bond motifs is 4. The molecule has 0 spiro atoms. The van der Waals surface area contributed by atoms with Crippen molar-refractivity contribution in [3.8, 4) is 0 Å². The molecule has 6 rings (SSSR count). The lowest BCUT2D eigenvalue weighted by Crippen LogP contribution is -2.56. The summed E-state index contributed by atoms with van der Waals surface area (Å²) in [5.41, 5.74) is 1.06. The first kappa shape index (κ1) is 25.4. The molecular formula is C25H31F3N6O3. The normalized spacial score (nSPS) is 23.1. The Morgan fingerprint density at radius 2 is 1.97 bits per heavy atom. The number of carbonyl (C=O) groups is 1. The molecule has 3 fully saturated rings. The van der Waals surface area contributed by atoms with Gasteiger partial charge in [0, 0.05) is 37.9 Å². The van der Waals surface area contributed by atoms with Gasteiger partial charge in [0.2, 0.25) is 5.95 Å². The minimum Gasteiger partial charge on any atom is -0.374 e. The summed E-state index contributed by atoms with van der Waals surface area (Å²) >= 11 is 0. The molecule has 0 saturated carbocycles. The van der Waals surface area contributed by atoms with Crippen LogP contribution in [0.15, 0.2) is 35.1 Å². The van der Waals surface area contributed by atoms with Crippen LogP contribution in [-0.4, -0.2) is 66.2 Å². The zero-order valence-corrected chi connectivity index (χ0v) is 20.6. The molecule has 2 amide bonds. The van der Waals surface area contributed by atoms with Gasteiger partial charge in [-0.25, -0.2) is 4.79 Å². The van der Waals surface area contributed by atoms with Crippen molar-refractivity contribution >= 4 is 23.5 Å². The van der Waals surface area contributed by atoms with Crippen molar-refractivity contribution in [2.24, 2.45) is 0 Å². The fourth-order valence-corrected chi connectivity index (χ4v) is 5.37. The minimum atomic E-state index is -4.46. The molecule has 0 aliphatic carbocycles. The number of aromatic nitrogens is 2. The summed E-state index contributed by atoms with van der Waals surface area (Å²) in [5, 5.41) is 5.34. The fourth-order valence-electron chi connectivity index (χ4n) is 5.37. The summed E-state index contributed by atoms with van der Waals surface area (Å²) in [4.78, 5) is 32.6. The van der Waals surface area contributed by atoms with Crippen LogP contribution in [0.3, 0.4) is 0 Å². The van der Waals surface area contributed by atoms with Crippen LogP contribution in [-0.2, 0) is 17.7 Å². The first-order valence-corrected chi connectivity index (χ1v) is 12.7. The number of benzene rings is 1. The van der Waals surface area contributed by atoms with Crippen molar-refractivity contribution in [1.82, 2.24) is 14.9 Å². The molecule has 1 aromatic heterocycles. The molecule has 200 valence electrons. The Balaban J connectivity index is 1.39. The van der Waals surface area contributed by atoms with Gasteiger partial charge in [-0.2, -0.15) is 18.2 Å². The summed E-state index contributed by atoms with van der Waals surface area (Å²) in [6.45, 7) is 3.43. The van der Waals surface area contributed by atoms with E-state index < -0.39 is 12.2 Å². The molecule has 2 N–H and O–H groups in total. The Morgan fingerprint density at radius 3 is 2.59 bits per heavy atom. The Morgan fingerprint density at radius 1 is 1.19 bits per heavy atom. The quantitative estimate of drug-likeness (QED) is 0.608. The second kappa shape index (κ2) is 10.2. The minimum absolute atomic E-state index is 0.0303. The number of hydrogen-bond acceptors (Lipinski definition) is 6. The molecule has 12 heteroatoms. The maximum atomic E-state index is 14.1. The van der Waals surface area contributed by atoms with Crippen molar-refractivity contribution in [3.05, 3.63) is 46.2 Å². The van der Waals surface area contributed by atoms with E-state index in [0.717, 1.165) is 18.4 Å². The standard InChI is InChI=1S/C25H31F3N6O3/c1-2-29-23(36)30-17-5-3-16(4-6-17)9-11-32-20(25(26,27)28)10-12-33-22(35)13-21(31-24(32)33)34-14-19-8-7-18(34)15-37-19/h3-6,13,18-20H,2,7-12,14-15H2,1H3,(H2,29,30,36)/t18?,19-,20-/m0/s1. The molecule has 2 aromatic rings. The molecule has 4 aliphatic heterocycles. The van der Waals surface area contributed by atoms with Gasteiger partial charge in [-0.3, -0.25) is 9.36 Å². The number of nitrogens with zero attached hydrogens (tertiary/aromatic N) is 4. The highest BCUT2D eigenvalue weighted by atomic mass is 19.4. The van der Waals surface area contributed by atoms with E-state index in [2.05, 4.69) is 15.6 Å². The van der Waals surface area contributed by atoms with Crippen molar-refractivity contribution in [2.75, 3.05) is 41.4 Å². The number of anilines is 3. The average molecular weight is 521 g/mol. The highest BCUT2D eigenvalue weighted by Crippen LogP contribution is 2.36. The zero-order chi connectivity index (χ0) is 26.2. The number of nitrogens with one attached hydrogen (secondary N) is 2. The highest BCUT2D eigenvalue weighted by Gasteiger charge is 2.47. The summed E-state index contributed by atoms with van der Waals surface area (Å²) < 4.78 is 49.4. The molecule has 4 aliphatic rings. The predicted molar refractivity (Wildman–Crippen MR) is 133 cm³/mol. The molecule has 9 nitrogen and oxygen atoms in total. The van der Waals surface area contributed by atoms with Gasteiger partial charge in [0.25, 0.3) is 5.56 Å². The number of alkyl halides is 3. The van der Waals surface area contributed by atoms with E-state index in [1.54, 1.807) is 24.3 Å². The van der Waals surface area contributed by atoms with E-state index in [1.807, 2.05) is 11.8 Å². The highest BCUT2D eigenvalue weighted by molar-refractivity contribution is 5.89. The lowest BCUT2D eigenvalue weighted by atomic mass is 9.97. The number of hydrogen-bond donors (Lipinski definition) is 2. The Hall–Kier alpha value is -3.28. The third-order valence-corrected chi connectivity index (χ3v) is 7.28. The van der Waals surface area contributed by atoms with E-state index in [4.69, 9.17) is 4.74 Å². The van der Waals surface area contributed by atoms with Crippen LogP contribution >= 0.6 is 0 Å². The maximum absolute atomic E-state index is 14.1. The number of piperidine rings is 1. The van der Waals surface area contributed by atoms with E-state index in [1.165, 1.54) is 15.5 Å². The SMILES string of the molecule is CCNC(=O)Nc1ccc(CCN2c3nc(N4C[C@@H]5CCC4CO5)cc(=O)n3CC[C@H]2C(F)(F)F)cc1. The average Bonchev–Trinajstić information content (AvgIpc) is 2.88. The predicted octanol–water partition coefficient (Wildman–Crippen LogP) is 3.14. The van der Waals surface area contributed by atoms with Crippen molar-refractivity contribution in [2.45, 2.75) is 63.5 Å². The third-order valence-electron chi connectivity index (χ3n) is 7.28. The third kappa shape index (κ3) is 5.39. The van der Waals surface area contributed by atoms with Gasteiger partial charge in [-0.1, -0.05) is 12.1 Å². The van der Waals surface area contributed by atoms with E-state index >= 15 is 0 Å². The van der Waals surface area contributed by atoms with Crippen LogP contribution in [0.5, 0.6) is 0 Å². The van der Waals surface area contributed by atoms with Crippen LogP contribution in [0, 0.1) is 0 Å². The van der Waals surface area contributed by atoms with E-state index in [0.29, 0.717) is 37.6 Å². The topological polar surface area (TPSA) is 91.7 Å². The number of amides is 2. The Labute approximate surface area is 212 Å². The summed E-state index contributed by atoms with van der Waals surface area (Å²) in [7, 11) is 0. The van der Waals surface area contributed by atoms with E-state index in [9.17, 15) is 22.8 Å². The van der Waals surface area contributed by atoms with Crippen molar-refractivity contribution in [1.29, 1.82) is 0 Å². The van der Waals surface area contributed by atoms with Gasteiger partial charge in [-0.15, -0.1) is 0 Å². The molecule has 3 saturated heterocycles. The Bertz CT molecular complexity index is 1180. The van der Waals surface area contributed by atoms with Crippen LogP contribution in [0.25, 0.3) is 0 Å². The molecule has 37 heavy (non-hydrogen) atoms. The van der Waals surface area contributed by atoms with Gasteiger partial charge in [0.05, 0.1) is 18.8 Å². The van der Waals surface area contributed by atoms with Crippen molar-refractivity contribution in [3.63, 3.8) is 0 Å². The maximum Gasteiger partial charge on any atom is 0.408 e. The number of halogens is 3. The van der Waals surface area contributed by atoms with Crippen LogP contribution in [0.4, 0.5) is 35.4 Å². The van der Waals surface area contributed by atoms with Gasteiger partial charge in [-0.05, 0) is 50.3 Å². The largest absolute Gasteiger partial charge is 0.408 e. The number of ether oxygens (including phenoxy) is 1. The number of carbonyl (C=O) groups excluding carboxylic acids is 1. The van der Waals surface area contributed by atoms with Gasteiger partial charge < -0.3 is 25.2 Å². The summed E-state index contributed by atoms with van der Waals surface area (Å²) in [5.74, 6) is 0.482. The van der Waals surface area contributed by atoms with Gasteiger partial charge >= 0.3 is 12.2 Å². The molecule has 3 atom stereocenters. The summed E-state index contributed by atoms with van der Waals surface area (Å²) in [6, 6.07) is 6.43. The van der Waals surface area contributed by atoms with Gasteiger partial charge in [0.1, 0.15) is 11.9 Å². The number of morpholine rings is 1. The second-order valence-electron chi connectivity index (χ2n) is 9.71. The van der Waals surface area contributed by atoms with Gasteiger partial charge in [0.15, 0.2) is 0 Å². The second-order valence-corrected chi connectivity index (χ2v) is 9.71. The first-order valence-electron chi connectivity index (χ1n) is 12.7. The van der Waals surface area contributed by atoms with Crippen molar-refractivity contribution < 1.29 is 22.7 Å². The van der Waals surface area contributed by atoms with E-state index in [-0.39, 0.29) is 49.2 Å². The smallest absolute Gasteiger partial charge is 0.374 e. The zero-order valence-electron chi connectivity index (χ0n) is 20.6. The Kier molecular flexibility index (Phi) is 7.02. The fraction of sp³-hybridized carbons (Fsp3) is 0.560.